The molecule has 6 heteroatoms. The number of aliphatic hydroxyl groups excluding tert-OH is 1. The molecular formula is C16H33NO5. The number of carbonyl (C=O) groups is 1. The van der Waals surface area contributed by atoms with Crippen molar-refractivity contribution in [2.75, 3.05) is 52.8 Å². The minimum absolute atomic E-state index is 0.0325. The van der Waals surface area contributed by atoms with Gasteiger partial charge in [-0.3, -0.25) is 4.79 Å². The van der Waals surface area contributed by atoms with E-state index in [9.17, 15) is 4.79 Å². The van der Waals surface area contributed by atoms with E-state index in [1.54, 1.807) is 0 Å². The maximum absolute atomic E-state index is 11.6. The second kappa shape index (κ2) is 13.9. The second-order valence-corrected chi connectivity index (χ2v) is 5.93. The lowest BCUT2D eigenvalue weighted by atomic mass is 9.85. The van der Waals surface area contributed by atoms with Gasteiger partial charge in [0, 0.05) is 13.0 Å². The van der Waals surface area contributed by atoms with Gasteiger partial charge in [-0.2, -0.15) is 0 Å². The normalized spacial score (nSPS) is 11.6. The van der Waals surface area contributed by atoms with Gasteiger partial charge in [-0.25, -0.2) is 0 Å². The van der Waals surface area contributed by atoms with Crippen molar-refractivity contribution in [2.45, 2.75) is 40.0 Å². The Bertz CT molecular complexity index is 271. The summed E-state index contributed by atoms with van der Waals surface area (Å²) in [5, 5.41) is 11.4. The van der Waals surface area contributed by atoms with Crippen LogP contribution in [-0.2, 0) is 19.0 Å². The first-order chi connectivity index (χ1) is 10.5. The molecular weight excluding hydrogens is 286 g/mol. The van der Waals surface area contributed by atoms with Crippen LogP contribution in [0.3, 0.4) is 0 Å². The van der Waals surface area contributed by atoms with Crippen LogP contribution < -0.4 is 5.32 Å². The van der Waals surface area contributed by atoms with Crippen molar-refractivity contribution in [3.05, 3.63) is 0 Å². The molecule has 0 atom stereocenters. The first kappa shape index (κ1) is 21.3. The Morgan fingerprint density at radius 1 is 1.00 bits per heavy atom. The van der Waals surface area contributed by atoms with Crippen molar-refractivity contribution in [3.63, 3.8) is 0 Å². The van der Waals surface area contributed by atoms with Crippen LogP contribution >= 0.6 is 0 Å². The summed E-state index contributed by atoms with van der Waals surface area (Å²) < 4.78 is 15.7. The van der Waals surface area contributed by atoms with Crippen LogP contribution in [0.2, 0.25) is 0 Å². The molecule has 0 spiro atoms. The van der Waals surface area contributed by atoms with E-state index in [1.807, 2.05) is 0 Å². The van der Waals surface area contributed by atoms with Gasteiger partial charge in [0.25, 0.3) is 0 Å². The highest BCUT2D eigenvalue weighted by molar-refractivity contribution is 5.75. The van der Waals surface area contributed by atoms with E-state index in [4.69, 9.17) is 19.3 Å². The van der Waals surface area contributed by atoms with E-state index in [1.165, 1.54) is 0 Å². The molecule has 1 amide bonds. The predicted octanol–water partition coefficient (Wildman–Crippen LogP) is 1.36. The first-order valence-corrected chi connectivity index (χ1v) is 8.12. The van der Waals surface area contributed by atoms with Gasteiger partial charge in [0.1, 0.15) is 0 Å². The Kier molecular flexibility index (Phi) is 13.5. The largest absolute Gasteiger partial charge is 0.394 e. The second-order valence-electron chi connectivity index (χ2n) is 5.93. The van der Waals surface area contributed by atoms with Crippen LogP contribution in [0.15, 0.2) is 0 Å². The monoisotopic (exact) mass is 319 g/mol. The van der Waals surface area contributed by atoms with Crippen LogP contribution in [0.1, 0.15) is 40.0 Å². The summed E-state index contributed by atoms with van der Waals surface area (Å²) in [7, 11) is 0. The Labute approximate surface area is 134 Å². The third kappa shape index (κ3) is 14.3. The summed E-state index contributed by atoms with van der Waals surface area (Å²) >= 11 is 0. The molecule has 0 bridgehead atoms. The molecule has 0 saturated heterocycles. The van der Waals surface area contributed by atoms with E-state index in [-0.39, 0.29) is 17.9 Å². The lowest BCUT2D eigenvalue weighted by molar-refractivity contribution is -0.121. The average Bonchev–Trinajstić information content (AvgIpc) is 2.50. The van der Waals surface area contributed by atoms with Gasteiger partial charge in [0.15, 0.2) is 0 Å². The van der Waals surface area contributed by atoms with Crippen molar-refractivity contribution in [1.29, 1.82) is 0 Å². The lowest BCUT2D eigenvalue weighted by Crippen LogP contribution is -2.28. The molecule has 0 rings (SSSR count). The van der Waals surface area contributed by atoms with Crippen molar-refractivity contribution in [3.8, 4) is 0 Å². The van der Waals surface area contributed by atoms with Crippen molar-refractivity contribution in [1.82, 2.24) is 5.32 Å². The molecule has 6 nitrogen and oxygen atoms in total. The minimum Gasteiger partial charge on any atom is -0.394 e. The average molecular weight is 319 g/mol. The highest BCUT2D eigenvalue weighted by Crippen LogP contribution is 2.25. The van der Waals surface area contributed by atoms with Gasteiger partial charge in [0.05, 0.1) is 46.2 Å². The number of rotatable bonds is 15. The molecule has 2 N–H and O–H groups in total. The molecule has 0 radical (unpaired) electrons. The molecule has 132 valence electrons. The number of hydrogen-bond donors (Lipinski definition) is 2. The van der Waals surface area contributed by atoms with Crippen molar-refractivity contribution >= 4 is 5.91 Å². The van der Waals surface area contributed by atoms with E-state index >= 15 is 0 Å². The highest BCUT2D eigenvalue weighted by atomic mass is 16.5. The summed E-state index contributed by atoms with van der Waals surface area (Å²) in [5.41, 5.74) is 0.228. The molecule has 0 aromatic heterocycles. The maximum atomic E-state index is 11.6. The molecule has 0 unspecified atom stereocenters. The number of carbonyl (C=O) groups excluding carboxylic acids is 1. The predicted molar refractivity (Wildman–Crippen MR) is 85.9 cm³/mol. The standard InChI is InChI=1S/C16H33NO5/c1-4-16(2,3)6-5-15(19)17-7-9-20-11-13-22-14-12-21-10-8-18/h18H,4-14H2,1-3H3,(H,17,19). The lowest BCUT2D eigenvalue weighted by Gasteiger charge is -2.21. The maximum Gasteiger partial charge on any atom is 0.220 e. The Hall–Kier alpha value is -0.690. The molecule has 0 aromatic carbocycles. The zero-order valence-corrected chi connectivity index (χ0v) is 14.4. The summed E-state index contributed by atoms with van der Waals surface area (Å²) in [6.45, 7) is 9.87. The third-order valence-electron chi connectivity index (χ3n) is 3.53. The van der Waals surface area contributed by atoms with E-state index in [0.717, 1.165) is 12.8 Å². The third-order valence-corrected chi connectivity index (χ3v) is 3.53. The van der Waals surface area contributed by atoms with Crippen LogP contribution in [0.25, 0.3) is 0 Å². The van der Waals surface area contributed by atoms with E-state index < -0.39 is 0 Å². The zero-order valence-electron chi connectivity index (χ0n) is 14.4. The minimum atomic E-state index is 0.0325. The summed E-state index contributed by atoms with van der Waals surface area (Å²) in [4.78, 5) is 11.6. The number of hydrogen-bond acceptors (Lipinski definition) is 5. The van der Waals surface area contributed by atoms with Crippen LogP contribution in [-0.4, -0.2) is 63.8 Å². The smallest absolute Gasteiger partial charge is 0.220 e. The summed E-state index contributed by atoms with van der Waals surface area (Å²) in [6.07, 6.45) is 2.55. The van der Waals surface area contributed by atoms with Crippen LogP contribution in [0.4, 0.5) is 0 Å². The fraction of sp³-hybridized carbons (Fsp3) is 0.938. The molecule has 0 aliphatic carbocycles. The van der Waals surface area contributed by atoms with Gasteiger partial charge in [0.2, 0.25) is 5.91 Å². The van der Waals surface area contributed by atoms with Gasteiger partial charge < -0.3 is 24.6 Å². The van der Waals surface area contributed by atoms with E-state index in [2.05, 4.69) is 26.1 Å². The quantitative estimate of drug-likeness (QED) is 0.446. The van der Waals surface area contributed by atoms with Crippen molar-refractivity contribution in [2.24, 2.45) is 5.41 Å². The van der Waals surface area contributed by atoms with Crippen LogP contribution in [0.5, 0.6) is 0 Å². The Morgan fingerprint density at radius 2 is 1.55 bits per heavy atom. The number of aliphatic hydroxyl groups is 1. The fourth-order valence-electron chi connectivity index (χ4n) is 1.59. The number of nitrogens with one attached hydrogen (secondary N) is 1. The van der Waals surface area contributed by atoms with Crippen molar-refractivity contribution < 1.29 is 24.1 Å². The summed E-state index contributed by atoms with van der Waals surface area (Å²) in [5.74, 6) is 0.0856. The number of amides is 1. The molecule has 0 heterocycles. The fourth-order valence-corrected chi connectivity index (χ4v) is 1.59. The Morgan fingerprint density at radius 3 is 2.09 bits per heavy atom. The van der Waals surface area contributed by atoms with Crippen LogP contribution in [0, 0.1) is 5.41 Å². The zero-order chi connectivity index (χ0) is 16.7. The van der Waals surface area contributed by atoms with Gasteiger partial charge in [-0.15, -0.1) is 0 Å². The Balaban J connectivity index is 3.27. The van der Waals surface area contributed by atoms with Gasteiger partial charge in [-0.05, 0) is 11.8 Å². The summed E-state index contributed by atoms with van der Waals surface area (Å²) in [6, 6.07) is 0. The number of ether oxygens (including phenoxy) is 3. The molecule has 0 fully saturated rings. The molecule has 0 saturated carbocycles. The van der Waals surface area contributed by atoms with Gasteiger partial charge >= 0.3 is 0 Å². The molecule has 22 heavy (non-hydrogen) atoms. The van der Waals surface area contributed by atoms with Gasteiger partial charge in [-0.1, -0.05) is 27.2 Å². The highest BCUT2D eigenvalue weighted by Gasteiger charge is 2.16. The topological polar surface area (TPSA) is 77.0 Å². The van der Waals surface area contributed by atoms with E-state index in [0.29, 0.717) is 52.6 Å². The molecule has 0 aliphatic heterocycles. The SMILES string of the molecule is CCC(C)(C)CCC(=O)NCCOCCOCCOCCO. The first-order valence-electron chi connectivity index (χ1n) is 8.12. The molecule has 0 aliphatic rings. The molecule has 0 aromatic rings.